The first kappa shape index (κ1) is 24.0. The van der Waals surface area contributed by atoms with Crippen LogP contribution in [0.25, 0.3) is 0 Å². The van der Waals surface area contributed by atoms with Gasteiger partial charge in [-0.1, -0.05) is 11.3 Å². The normalized spacial score (nSPS) is 18.6. The molecule has 2 amide bonds. The maximum Gasteiger partial charge on any atom is 0.263 e. The van der Waals surface area contributed by atoms with Gasteiger partial charge in [0.2, 0.25) is 5.91 Å². The lowest BCUT2D eigenvalue weighted by Crippen LogP contribution is -2.44. The average Bonchev–Trinajstić information content (AvgIpc) is 3.47. The molecule has 9 nitrogen and oxygen atoms in total. The van der Waals surface area contributed by atoms with Gasteiger partial charge in [0.1, 0.15) is 0 Å². The molecule has 0 aliphatic carbocycles. The highest BCUT2D eigenvalue weighted by atomic mass is 32.2. The second-order valence-electron chi connectivity index (χ2n) is 8.67. The molecule has 0 bridgehead atoms. The number of likely N-dealkylation sites (tertiary alicyclic amines) is 1. The molecule has 178 valence electrons. The van der Waals surface area contributed by atoms with Crippen LogP contribution in [0, 0.1) is 12.3 Å². The van der Waals surface area contributed by atoms with Crippen molar-refractivity contribution in [3.05, 3.63) is 27.6 Å². The Bertz CT molecular complexity index is 1210. The molecule has 1 N–H and O–H groups in total. The first-order valence-corrected chi connectivity index (χ1v) is 13.7. The molecule has 4 rings (SSSR count). The number of rotatable bonds is 5. The number of Topliss-reactive ketones (excluding diaryl/α,β-unsaturated/α-hetero) is 1. The van der Waals surface area contributed by atoms with Gasteiger partial charge in [-0.05, 0) is 50.7 Å². The van der Waals surface area contributed by atoms with E-state index in [4.69, 9.17) is 0 Å². The summed E-state index contributed by atoms with van der Waals surface area (Å²) in [4.78, 5) is 42.8. The van der Waals surface area contributed by atoms with E-state index in [1.807, 2.05) is 0 Å². The number of sulfonamides is 1. The molecule has 2 aromatic heterocycles. The van der Waals surface area contributed by atoms with Gasteiger partial charge in [-0.15, -0.1) is 11.3 Å². The molecule has 33 heavy (non-hydrogen) atoms. The number of thiophene rings is 1. The van der Waals surface area contributed by atoms with Gasteiger partial charge >= 0.3 is 0 Å². The van der Waals surface area contributed by atoms with Crippen molar-refractivity contribution < 1.29 is 22.8 Å². The summed E-state index contributed by atoms with van der Waals surface area (Å²) < 4.78 is 28.3. The Morgan fingerprint density at radius 1 is 1.03 bits per heavy atom. The lowest BCUT2D eigenvalue weighted by Gasteiger charge is -2.39. The fraction of sp³-hybridized carbons (Fsp3) is 0.524. The molecule has 0 atom stereocenters. The molecular formula is C21H26N4O5S3. The lowest BCUT2D eigenvalue weighted by molar-refractivity contribution is -0.114. The summed E-state index contributed by atoms with van der Waals surface area (Å²) in [6.45, 7) is 6.44. The topological polar surface area (TPSA) is 117 Å². The van der Waals surface area contributed by atoms with Crippen molar-refractivity contribution >= 4 is 55.4 Å². The third-order valence-electron chi connectivity index (χ3n) is 6.29. The zero-order valence-electron chi connectivity index (χ0n) is 18.7. The van der Waals surface area contributed by atoms with Crippen LogP contribution in [0.3, 0.4) is 0 Å². The molecule has 2 aromatic rings. The van der Waals surface area contributed by atoms with E-state index in [1.54, 1.807) is 24.0 Å². The minimum absolute atomic E-state index is 0.0516. The van der Waals surface area contributed by atoms with Crippen LogP contribution in [0.1, 0.15) is 58.1 Å². The highest BCUT2D eigenvalue weighted by molar-refractivity contribution is 7.91. The van der Waals surface area contributed by atoms with Crippen molar-refractivity contribution in [3.63, 3.8) is 0 Å². The molecule has 2 fully saturated rings. The van der Waals surface area contributed by atoms with Gasteiger partial charge < -0.3 is 10.2 Å². The Balaban J connectivity index is 1.41. The quantitative estimate of drug-likeness (QED) is 0.618. The number of hydrogen-bond donors (Lipinski definition) is 1. The van der Waals surface area contributed by atoms with Crippen molar-refractivity contribution in [2.45, 2.75) is 44.2 Å². The lowest BCUT2D eigenvalue weighted by atomic mass is 9.78. The van der Waals surface area contributed by atoms with Crippen LogP contribution in [0.5, 0.6) is 0 Å². The van der Waals surface area contributed by atoms with Gasteiger partial charge in [0.15, 0.2) is 15.1 Å². The van der Waals surface area contributed by atoms with Gasteiger partial charge in [-0.3, -0.25) is 14.4 Å². The fourth-order valence-corrected chi connectivity index (χ4v) is 8.45. The van der Waals surface area contributed by atoms with Crippen molar-refractivity contribution in [1.82, 2.24) is 14.2 Å². The fourth-order valence-electron chi connectivity index (χ4n) is 4.43. The number of nitrogens with one attached hydrogen (secondary N) is 1. The van der Waals surface area contributed by atoms with Crippen molar-refractivity contribution in [3.8, 4) is 0 Å². The summed E-state index contributed by atoms with van der Waals surface area (Å²) >= 11 is 2.19. The minimum Gasteiger partial charge on any atom is -0.338 e. The Morgan fingerprint density at radius 2 is 1.67 bits per heavy atom. The number of thiazole rings is 1. The first-order valence-electron chi connectivity index (χ1n) is 10.7. The van der Waals surface area contributed by atoms with E-state index in [1.165, 1.54) is 29.5 Å². The van der Waals surface area contributed by atoms with Crippen LogP contribution in [-0.4, -0.2) is 66.4 Å². The second kappa shape index (κ2) is 8.90. The number of piperidine rings is 1. The number of hydrogen-bond acceptors (Lipinski definition) is 8. The molecule has 0 saturated carbocycles. The van der Waals surface area contributed by atoms with Crippen LogP contribution >= 0.6 is 22.7 Å². The van der Waals surface area contributed by atoms with Crippen LogP contribution in [0.2, 0.25) is 0 Å². The van der Waals surface area contributed by atoms with Gasteiger partial charge in [0, 0.05) is 33.1 Å². The number of aryl methyl sites for hydroxylation is 1. The van der Waals surface area contributed by atoms with Crippen molar-refractivity contribution in [2.24, 2.45) is 5.41 Å². The second-order valence-corrected chi connectivity index (χ2v) is 12.9. The third kappa shape index (κ3) is 4.75. The number of ketones is 1. The Hall–Kier alpha value is -2.15. The minimum atomic E-state index is -3.71. The first-order chi connectivity index (χ1) is 15.5. The maximum atomic E-state index is 13.3. The molecule has 0 aromatic carbocycles. The zero-order valence-corrected chi connectivity index (χ0v) is 21.2. The third-order valence-corrected chi connectivity index (χ3v) is 11.0. The van der Waals surface area contributed by atoms with Crippen LogP contribution in [0.15, 0.2) is 16.3 Å². The molecule has 0 radical (unpaired) electrons. The van der Waals surface area contributed by atoms with Crippen LogP contribution in [-0.2, 0) is 14.8 Å². The summed E-state index contributed by atoms with van der Waals surface area (Å²) in [5, 5.41) is 2.83. The standard InChI is InChI=1S/C21H26N4O5S3/c1-13-19(32-20(22-13)23-15(3)27)33(29,30)25-11-8-21(12-25)6-9-24(10-7-21)18(28)17-5-4-16(31-17)14(2)26/h4-5H,6-12H2,1-3H3,(H,22,23,27). The Kier molecular flexibility index (Phi) is 6.47. The molecule has 12 heteroatoms. The summed E-state index contributed by atoms with van der Waals surface area (Å²) in [7, 11) is -3.71. The van der Waals surface area contributed by atoms with E-state index >= 15 is 0 Å². The predicted molar refractivity (Wildman–Crippen MR) is 126 cm³/mol. The zero-order chi connectivity index (χ0) is 24.0. The molecule has 1 spiro atoms. The molecule has 0 unspecified atom stereocenters. The average molecular weight is 511 g/mol. The van der Waals surface area contributed by atoms with Gasteiger partial charge in [0.25, 0.3) is 15.9 Å². The highest BCUT2D eigenvalue weighted by Crippen LogP contribution is 2.43. The van der Waals surface area contributed by atoms with E-state index in [0.717, 1.165) is 30.6 Å². The number of nitrogens with zero attached hydrogens (tertiary/aromatic N) is 3. The summed E-state index contributed by atoms with van der Waals surface area (Å²) in [6.07, 6.45) is 2.21. The van der Waals surface area contributed by atoms with Gasteiger partial charge in [-0.2, -0.15) is 4.31 Å². The van der Waals surface area contributed by atoms with E-state index in [9.17, 15) is 22.8 Å². The van der Waals surface area contributed by atoms with E-state index < -0.39 is 10.0 Å². The molecule has 2 aliphatic rings. The summed E-state index contributed by atoms with van der Waals surface area (Å²) in [5.74, 6) is -0.422. The smallest absolute Gasteiger partial charge is 0.263 e. The summed E-state index contributed by atoms with van der Waals surface area (Å²) in [5.41, 5.74) is 0.231. The number of carbonyl (C=O) groups excluding carboxylic acids is 3. The van der Waals surface area contributed by atoms with E-state index in [0.29, 0.717) is 41.6 Å². The maximum absolute atomic E-state index is 13.3. The molecular weight excluding hydrogens is 484 g/mol. The molecule has 2 saturated heterocycles. The van der Waals surface area contributed by atoms with E-state index in [-0.39, 0.29) is 32.4 Å². The molecule has 2 aliphatic heterocycles. The van der Waals surface area contributed by atoms with Crippen LogP contribution < -0.4 is 5.32 Å². The van der Waals surface area contributed by atoms with E-state index in [2.05, 4.69) is 10.3 Å². The number of aromatic nitrogens is 1. The van der Waals surface area contributed by atoms with Crippen molar-refractivity contribution in [1.29, 1.82) is 0 Å². The highest BCUT2D eigenvalue weighted by Gasteiger charge is 2.46. The summed E-state index contributed by atoms with van der Waals surface area (Å²) in [6, 6.07) is 3.38. The SMILES string of the molecule is CC(=O)Nc1nc(C)c(S(=O)(=O)N2CCC3(CCN(C(=O)c4ccc(C(C)=O)s4)CC3)C2)s1. The largest absolute Gasteiger partial charge is 0.338 e. The Morgan fingerprint density at radius 3 is 2.27 bits per heavy atom. The molecule has 4 heterocycles. The number of amides is 2. The van der Waals surface area contributed by atoms with Gasteiger partial charge in [-0.25, -0.2) is 13.4 Å². The number of carbonyl (C=O) groups is 3. The van der Waals surface area contributed by atoms with Crippen molar-refractivity contribution in [2.75, 3.05) is 31.5 Å². The number of anilines is 1. The monoisotopic (exact) mass is 510 g/mol. The van der Waals surface area contributed by atoms with Crippen LogP contribution in [0.4, 0.5) is 5.13 Å². The predicted octanol–water partition coefficient (Wildman–Crippen LogP) is 2.99. The van der Waals surface area contributed by atoms with Gasteiger partial charge in [0.05, 0.1) is 15.4 Å². The Labute approximate surface area is 200 Å².